The molecule has 2 amide bonds. The molecule has 1 aromatic heterocycles. The Balaban J connectivity index is 1.23. The van der Waals surface area contributed by atoms with Crippen molar-refractivity contribution in [3.8, 4) is 5.69 Å². The Bertz CT molecular complexity index is 1430. The number of alkyl halides is 2. The molecule has 8 nitrogen and oxygen atoms in total. The summed E-state index contributed by atoms with van der Waals surface area (Å²) in [5.74, 6) is -4.58. The number of rotatable bonds is 6. The maximum atomic E-state index is 14.8. The maximum Gasteiger partial charge on any atom is 0.251 e. The second kappa shape index (κ2) is 10.9. The van der Waals surface area contributed by atoms with E-state index in [1.807, 2.05) is 43.5 Å². The number of nitrogens with zero attached hydrogens (tertiary/aromatic N) is 3. The molecule has 0 spiro atoms. The molecule has 6 rings (SSSR count). The van der Waals surface area contributed by atoms with Crippen LogP contribution in [0.15, 0.2) is 60.8 Å². The van der Waals surface area contributed by atoms with Crippen molar-refractivity contribution in [1.82, 2.24) is 20.0 Å². The average molecular weight is 564 g/mol. The third-order valence-corrected chi connectivity index (χ3v) is 8.79. The van der Waals surface area contributed by atoms with Crippen LogP contribution in [0.1, 0.15) is 53.3 Å². The number of aromatic nitrogens is 2. The first-order valence-corrected chi connectivity index (χ1v) is 14.2. The monoisotopic (exact) mass is 563 g/mol. The van der Waals surface area contributed by atoms with E-state index in [0.29, 0.717) is 18.7 Å². The van der Waals surface area contributed by atoms with Crippen molar-refractivity contribution in [2.75, 3.05) is 25.6 Å². The molecule has 2 aromatic carbocycles. The summed E-state index contributed by atoms with van der Waals surface area (Å²) in [6.07, 6.45) is 1.67. The summed E-state index contributed by atoms with van der Waals surface area (Å²) >= 11 is 0. The van der Waals surface area contributed by atoms with Gasteiger partial charge in [-0.1, -0.05) is 18.2 Å². The van der Waals surface area contributed by atoms with Crippen LogP contribution in [0, 0.1) is 18.8 Å². The summed E-state index contributed by atoms with van der Waals surface area (Å²) in [7, 11) is 1.65. The van der Waals surface area contributed by atoms with Crippen molar-refractivity contribution >= 4 is 17.5 Å². The van der Waals surface area contributed by atoms with E-state index in [4.69, 9.17) is 4.74 Å². The van der Waals surface area contributed by atoms with Gasteiger partial charge in [-0.05, 0) is 61.7 Å². The van der Waals surface area contributed by atoms with Gasteiger partial charge in [0, 0.05) is 55.9 Å². The van der Waals surface area contributed by atoms with Crippen LogP contribution < -0.4 is 10.6 Å². The largest absolute Gasteiger partial charge is 0.383 e. The Morgan fingerprint density at radius 2 is 1.90 bits per heavy atom. The summed E-state index contributed by atoms with van der Waals surface area (Å²) < 4.78 is 36.7. The van der Waals surface area contributed by atoms with Crippen LogP contribution in [0.4, 0.5) is 14.5 Å². The van der Waals surface area contributed by atoms with Crippen molar-refractivity contribution < 1.29 is 23.1 Å². The fraction of sp³-hybridized carbons (Fsp3) is 0.452. The molecular formula is C31H35F2N5O3. The smallest absolute Gasteiger partial charge is 0.251 e. The van der Waals surface area contributed by atoms with Gasteiger partial charge in [0.2, 0.25) is 11.8 Å². The number of amides is 2. The highest BCUT2D eigenvalue weighted by Gasteiger charge is 2.51. The second-order valence-corrected chi connectivity index (χ2v) is 11.5. The number of nitrogens with one attached hydrogen (secondary N) is 2. The van der Waals surface area contributed by atoms with Crippen LogP contribution in [-0.4, -0.2) is 64.8 Å². The lowest BCUT2D eigenvalue weighted by Gasteiger charge is -2.42. The molecular weight excluding hydrogens is 528 g/mol. The minimum absolute atomic E-state index is 0.00891. The first kappa shape index (κ1) is 27.4. The van der Waals surface area contributed by atoms with Crippen LogP contribution in [-0.2, 0) is 9.53 Å². The fourth-order valence-corrected chi connectivity index (χ4v) is 6.78. The van der Waals surface area contributed by atoms with E-state index in [2.05, 4.69) is 15.7 Å². The summed E-state index contributed by atoms with van der Waals surface area (Å²) in [5.41, 5.74) is 4.01. The van der Waals surface area contributed by atoms with Crippen LogP contribution in [0.3, 0.4) is 0 Å². The number of carbonyl (C=O) groups excluding carboxylic acids is 2. The molecule has 1 saturated heterocycles. The number of anilines is 1. The minimum Gasteiger partial charge on any atom is -0.383 e. The molecule has 0 bridgehead atoms. The number of carbonyl (C=O) groups is 2. The van der Waals surface area contributed by atoms with Gasteiger partial charge in [-0.2, -0.15) is 5.10 Å². The number of hydrogen-bond acceptors (Lipinski definition) is 5. The molecule has 1 aliphatic carbocycles. The van der Waals surface area contributed by atoms with E-state index in [0.717, 1.165) is 29.1 Å². The lowest BCUT2D eigenvalue weighted by molar-refractivity contribution is -0.146. The van der Waals surface area contributed by atoms with Gasteiger partial charge in [-0.25, -0.2) is 13.5 Å². The Labute approximate surface area is 238 Å². The second-order valence-electron chi connectivity index (χ2n) is 11.5. The van der Waals surface area contributed by atoms with E-state index < -0.39 is 24.3 Å². The van der Waals surface area contributed by atoms with Crippen molar-refractivity contribution in [1.29, 1.82) is 0 Å². The van der Waals surface area contributed by atoms with E-state index in [9.17, 15) is 18.4 Å². The number of ether oxygens (including phenoxy) is 1. The zero-order chi connectivity index (χ0) is 28.7. The number of fused-ring (bicyclic) bond motifs is 3. The van der Waals surface area contributed by atoms with E-state index in [1.54, 1.807) is 41.0 Å². The number of para-hydroxylation sites is 1. The predicted molar refractivity (Wildman–Crippen MR) is 150 cm³/mol. The Morgan fingerprint density at radius 3 is 2.63 bits per heavy atom. The van der Waals surface area contributed by atoms with Gasteiger partial charge >= 0.3 is 0 Å². The Hall–Kier alpha value is -3.79. The molecule has 0 radical (unpaired) electrons. The average Bonchev–Trinajstić information content (AvgIpc) is 3.61. The van der Waals surface area contributed by atoms with Gasteiger partial charge in [0.25, 0.3) is 5.91 Å². The molecule has 2 fully saturated rings. The molecule has 2 aliphatic heterocycles. The number of methoxy groups -OCH3 is 1. The van der Waals surface area contributed by atoms with Crippen LogP contribution in [0.25, 0.3) is 5.69 Å². The first-order chi connectivity index (χ1) is 19.7. The molecule has 5 atom stereocenters. The molecule has 3 aromatic rings. The van der Waals surface area contributed by atoms with Crippen LogP contribution in [0.5, 0.6) is 0 Å². The third kappa shape index (κ3) is 5.32. The summed E-state index contributed by atoms with van der Waals surface area (Å²) in [4.78, 5) is 29.2. The number of likely N-dealkylation sites (tertiary alicyclic amines) is 1. The number of benzene rings is 2. The van der Waals surface area contributed by atoms with Crippen molar-refractivity contribution in [3.63, 3.8) is 0 Å². The fourth-order valence-electron chi connectivity index (χ4n) is 6.78. The van der Waals surface area contributed by atoms with Crippen LogP contribution in [0.2, 0.25) is 0 Å². The summed E-state index contributed by atoms with van der Waals surface area (Å²) in [5, 5.41) is 10.9. The van der Waals surface area contributed by atoms with Gasteiger partial charge in [0.15, 0.2) is 0 Å². The third-order valence-electron chi connectivity index (χ3n) is 8.79. The standard InChI is InChI=1S/C31H35F2N5O3/c1-19-12-16-38(36-19)21-9-7-20(8-10-21)29(39)35-26-11-14-31(32,33)17-24(26)30(40)37-15-13-23-27(18-41-2)34-25-6-4-3-5-22(25)28(23)37/h3-10,12,16,23-24,26-28,34H,11,13-15,17-18H2,1-2H3,(H,35,39)/t23-,24+,26-,27+,28+/m1/s1. The molecule has 41 heavy (non-hydrogen) atoms. The highest BCUT2D eigenvalue weighted by molar-refractivity contribution is 5.95. The molecule has 3 aliphatic rings. The number of halogens is 2. The summed E-state index contributed by atoms with van der Waals surface area (Å²) in [6, 6.07) is 15.8. The Morgan fingerprint density at radius 1 is 1.12 bits per heavy atom. The summed E-state index contributed by atoms with van der Waals surface area (Å²) in [6.45, 7) is 2.85. The van der Waals surface area contributed by atoms with E-state index in [1.165, 1.54) is 0 Å². The van der Waals surface area contributed by atoms with Gasteiger partial charge < -0.3 is 20.3 Å². The van der Waals surface area contributed by atoms with Crippen LogP contribution >= 0.6 is 0 Å². The topological polar surface area (TPSA) is 88.5 Å². The minimum atomic E-state index is -2.96. The lowest BCUT2D eigenvalue weighted by Crippen LogP contribution is -2.53. The highest BCUT2D eigenvalue weighted by Crippen LogP contribution is 2.48. The molecule has 216 valence electrons. The molecule has 0 unspecified atom stereocenters. The quantitative estimate of drug-likeness (QED) is 0.452. The van der Waals surface area contributed by atoms with Gasteiger partial charge in [0.1, 0.15) is 0 Å². The van der Waals surface area contributed by atoms with Gasteiger partial charge in [0.05, 0.1) is 36.0 Å². The first-order valence-electron chi connectivity index (χ1n) is 14.2. The van der Waals surface area contributed by atoms with E-state index >= 15 is 0 Å². The highest BCUT2D eigenvalue weighted by atomic mass is 19.3. The van der Waals surface area contributed by atoms with Crippen molar-refractivity contribution in [3.05, 3.63) is 77.6 Å². The normalized spacial score (nSPS) is 26.5. The zero-order valence-corrected chi connectivity index (χ0v) is 23.2. The predicted octanol–water partition coefficient (Wildman–Crippen LogP) is 4.74. The molecule has 3 heterocycles. The van der Waals surface area contributed by atoms with Crippen molar-refractivity contribution in [2.45, 2.75) is 56.7 Å². The maximum absolute atomic E-state index is 14.8. The number of hydrogen-bond donors (Lipinski definition) is 2. The molecule has 2 N–H and O–H groups in total. The van der Waals surface area contributed by atoms with Gasteiger partial charge in [-0.15, -0.1) is 0 Å². The molecule has 1 saturated carbocycles. The lowest BCUT2D eigenvalue weighted by atomic mass is 9.79. The molecule has 10 heteroatoms. The Kier molecular flexibility index (Phi) is 7.27. The van der Waals surface area contributed by atoms with E-state index in [-0.39, 0.29) is 42.7 Å². The SMILES string of the molecule is COC[C@@H]1Nc2ccccc2[C@H]2[C@@H]1CCN2C(=O)[C@H]1CC(F)(F)CC[C@H]1NC(=O)c1ccc(-n2ccc(C)n2)cc1. The zero-order valence-electron chi connectivity index (χ0n) is 23.2. The van der Waals surface area contributed by atoms with Crippen molar-refractivity contribution in [2.24, 2.45) is 11.8 Å². The van der Waals surface area contributed by atoms with Gasteiger partial charge in [-0.3, -0.25) is 9.59 Å². The number of aryl methyl sites for hydroxylation is 1.